The van der Waals surface area contributed by atoms with Crippen molar-refractivity contribution >= 4 is 5.91 Å². The molecule has 1 amide bonds. The molecule has 104 valence electrons. The number of hydrogen-bond donors (Lipinski definition) is 1. The molecule has 5 heteroatoms. The van der Waals surface area contributed by atoms with Gasteiger partial charge in [0.25, 0.3) is 0 Å². The lowest BCUT2D eigenvalue weighted by atomic mass is 10.2. The summed E-state index contributed by atoms with van der Waals surface area (Å²) in [6, 6.07) is 2.28. The molecule has 0 saturated heterocycles. The Morgan fingerprint density at radius 3 is 2.79 bits per heavy atom. The van der Waals surface area contributed by atoms with Crippen LogP contribution < -0.4 is 5.32 Å². The summed E-state index contributed by atoms with van der Waals surface area (Å²) >= 11 is 0. The van der Waals surface area contributed by atoms with E-state index >= 15 is 0 Å². The maximum Gasteiger partial charge on any atom is 0.246 e. The molecule has 2 aliphatic rings. The molecule has 1 heterocycles. The Hall–Kier alpha value is -1.36. The van der Waals surface area contributed by atoms with E-state index in [9.17, 15) is 4.79 Å². The van der Waals surface area contributed by atoms with E-state index in [4.69, 9.17) is 9.84 Å². The fourth-order valence-electron chi connectivity index (χ4n) is 2.40. The van der Waals surface area contributed by atoms with Crippen LogP contribution in [0.25, 0.3) is 0 Å². The third kappa shape index (κ3) is 3.15. The molecule has 1 aromatic heterocycles. The van der Waals surface area contributed by atoms with Crippen molar-refractivity contribution in [2.75, 3.05) is 20.3 Å². The highest BCUT2D eigenvalue weighted by Gasteiger charge is 2.32. The predicted octanol–water partition coefficient (Wildman–Crippen LogP) is 1.40. The molecule has 0 aromatic carbocycles. The third-order valence-electron chi connectivity index (χ3n) is 3.74. The number of amides is 1. The first-order valence-corrected chi connectivity index (χ1v) is 7.11. The van der Waals surface area contributed by atoms with Crippen molar-refractivity contribution in [2.24, 2.45) is 0 Å². The summed E-state index contributed by atoms with van der Waals surface area (Å²) in [6.07, 6.45) is 5.13. The highest BCUT2D eigenvalue weighted by Crippen LogP contribution is 2.44. The summed E-state index contributed by atoms with van der Waals surface area (Å²) in [5, 5.41) is 7.56. The number of nitrogens with zero attached hydrogens (tertiary/aromatic N) is 2. The molecule has 0 spiro atoms. The van der Waals surface area contributed by atoms with Gasteiger partial charge in [0.15, 0.2) is 0 Å². The van der Waals surface area contributed by atoms with Gasteiger partial charge in [0, 0.05) is 31.2 Å². The molecule has 19 heavy (non-hydrogen) atoms. The molecule has 1 N–H and O–H groups in total. The van der Waals surface area contributed by atoms with Crippen molar-refractivity contribution in [1.29, 1.82) is 0 Å². The normalized spacial score (nSPS) is 18.6. The quantitative estimate of drug-likeness (QED) is 0.809. The summed E-state index contributed by atoms with van der Waals surface area (Å²) in [5.41, 5.74) is 2.62. The molecule has 0 unspecified atom stereocenters. The number of hydrogen-bond acceptors (Lipinski definition) is 3. The van der Waals surface area contributed by atoms with Crippen LogP contribution in [0.1, 0.15) is 48.9 Å². The fraction of sp³-hybridized carbons (Fsp3) is 0.714. The standard InChI is InChI=1S/C14H21N3O2/c1-19-9-14(18)15-6-7-17-13(11-4-5-11)8-12(16-17)10-2-3-10/h8,10-11H,2-7,9H2,1H3,(H,15,18). The molecule has 5 nitrogen and oxygen atoms in total. The average Bonchev–Trinajstić information content (AvgIpc) is 3.29. The van der Waals surface area contributed by atoms with E-state index in [2.05, 4.69) is 16.1 Å². The van der Waals surface area contributed by atoms with E-state index in [0.717, 1.165) is 6.54 Å². The highest BCUT2D eigenvalue weighted by atomic mass is 16.5. The minimum atomic E-state index is -0.0648. The largest absolute Gasteiger partial charge is 0.375 e. The summed E-state index contributed by atoms with van der Waals surface area (Å²) < 4.78 is 6.88. The van der Waals surface area contributed by atoms with Crippen molar-refractivity contribution in [3.63, 3.8) is 0 Å². The van der Waals surface area contributed by atoms with Gasteiger partial charge in [0.1, 0.15) is 6.61 Å². The Balaban J connectivity index is 1.58. The molecule has 2 aliphatic carbocycles. The Labute approximate surface area is 113 Å². The minimum Gasteiger partial charge on any atom is -0.375 e. The molecule has 0 radical (unpaired) electrons. The second-order valence-electron chi connectivity index (χ2n) is 5.55. The van der Waals surface area contributed by atoms with Crippen molar-refractivity contribution in [1.82, 2.24) is 15.1 Å². The number of nitrogens with one attached hydrogen (secondary N) is 1. The molecular weight excluding hydrogens is 242 g/mol. The van der Waals surface area contributed by atoms with E-state index in [-0.39, 0.29) is 12.5 Å². The molecular formula is C14H21N3O2. The number of carbonyl (C=O) groups is 1. The number of carbonyl (C=O) groups excluding carboxylic acids is 1. The predicted molar refractivity (Wildman–Crippen MR) is 71.1 cm³/mol. The Kier molecular flexibility index (Phi) is 3.55. The zero-order valence-corrected chi connectivity index (χ0v) is 11.4. The van der Waals surface area contributed by atoms with Gasteiger partial charge < -0.3 is 10.1 Å². The van der Waals surface area contributed by atoms with Gasteiger partial charge in [0.05, 0.1) is 12.2 Å². The zero-order chi connectivity index (χ0) is 13.2. The van der Waals surface area contributed by atoms with Gasteiger partial charge in [-0.25, -0.2) is 0 Å². The molecule has 0 aliphatic heterocycles. The highest BCUT2D eigenvalue weighted by molar-refractivity contribution is 5.77. The molecule has 3 rings (SSSR count). The van der Waals surface area contributed by atoms with Crippen molar-refractivity contribution in [2.45, 2.75) is 44.1 Å². The van der Waals surface area contributed by atoms with Gasteiger partial charge >= 0.3 is 0 Å². The second-order valence-corrected chi connectivity index (χ2v) is 5.55. The minimum absolute atomic E-state index is 0.0648. The van der Waals surface area contributed by atoms with E-state index in [0.29, 0.717) is 18.4 Å². The molecule has 1 aromatic rings. The van der Waals surface area contributed by atoms with Crippen LogP contribution in [0.15, 0.2) is 6.07 Å². The number of methoxy groups -OCH3 is 1. The lowest BCUT2D eigenvalue weighted by molar-refractivity contribution is -0.124. The SMILES string of the molecule is COCC(=O)NCCn1nc(C2CC2)cc1C1CC1. The van der Waals surface area contributed by atoms with Gasteiger partial charge in [-0.15, -0.1) is 0 Å². The van der Waals surface area contributed by atoms with Crippen LogP contribution in [0, 0.1) is 0 Å². The zero-order valence-electron chi connectivity index (χ0n) is 11.4. The molecule has 2 saturated carbocycles. The van der Waals surface area contributed by atoms with Gasteiger partial charge in [0.2, 0.25) is 5.91 Å². The lowest BCUT2D eigenvalue weighted by Crippen LogP contribution is -2.30. The summed E-state index contributed by atoms with van der Waals surface area (Å²) in [5.74, 6) is 1.33. The van der Waals surface area contributed by atoms with Crippen LogP contribution in [-0.2, 0) is 16.1 Å². The average molecular weight is 263 g/mol. The smallest absolute Gasteiger partial charge is 0.246 e. The van der Waals surface area contributed by atoms with Gasteiger partial charge in [-0.05, 0) is 31.7 Å². The Bertz CT molecular complexity index is 461. The number of ether oxygens (including phenoxy) is 1. The van der Waals surface area contributed by atoms with Crippen LogP contribution in [0.5, 0.6) is 0 Å². The van der Waals surface area contributed by atoms with E-state index < -0.39 is 0 Å². The Morgan fingerprint density at radius 1 is 1.42 bits per heavy atom. The number of rotatable bonds is 7. The first kappa shape index (κ1) is 12.7. The van der Waals surface area contributed by atoms with Crippen LogP contribution in [0.4, 0.5) is 0 Å². The van der Waals surface area contributed by atoms with Gasteiger partial charge in [-0.1, -0.05) is 0 Å². The van der Waals surface area contributed by atoms with E-state index in [1.54, 1.807) is 0 Å². The van der Waals surface area contributed by atoms with Crippen LogP contribution in [-0.4, -0.2) is 35.9 Å². The maximum absolute atomic E-state index is 11.3. The lowest BCUT2D eigenvalue weighted by Gasteiger charge is -2.07. The van der Waals surface area contributed by atoms with E-state index in [1.807, 2.05) is 0 Å². The fourth-order valence-corrected chi connectivity index (χ4v) is 2.40. The van der Waals surface area contributed by atoms with Gasteiger partial charge in [-0.2, -0.15) is 5.10 Å². The van der Waals surface area contributed by atoms with Crippen LogP contribution >= 0.6 is 0 Å². The van der Waals surface area contributed by atoms with Crippen molar-refractivity contribution < 1.29 is 9.53 Å². The molecule has 0 atom stereocenters. The van der Waals surface area contributed by atoms with Gasteiger partial charge in [-0.3, -0.25) is 9.48 Å². The maximum atomic E-state index is 11.3. The summed E-state index contributed by atoms with van der Waals surface area (Å²) in [7, 11) is 1.53. The molecule has 0 bridgehead atoms. The van der Waals surface area contributed by atoms with Crippen LogP contribution in [0.2, 0.25) is 0 Å². The third-order valence-corrected chi connectivity index (χ3v) is 3.74. The Morgan fingerprint density at radius 2 is 2.16 bits per heavy atom. The first-order chi connectivity index (χ1) is 9.28. The van der Waals surface area contributed by atoms with Crippen molar-refractivity contribution in [3.05, 3.63) is 17.5 Å². The summed E-state index contributed by atoms with van der Waals surface area (Å²) in [6.45, 7) is 1.50. The first-order valence-electron chi connectivity index (χ1n) is 7.11. The van der Waals surface area contributed by atoms with Crippen LogP contribution in [0.3, 0.4) is 0 Å². The summed E-state index contributed by atoms with van der Waals surface area (Å²) in [4.78, 5) is 11.3. The topological polar surface area (TPSA) is 56.1 Å². The molecule has 2 fully saturated rings. The van der Waals surface area contributed by atoms with E-state index in [1.165, 1.54) is 44.2 Å². The van der Waals surface area contributed by atoms with Crippen molar-refractivity contribution in [3.8, 4) is 0 Å². The monoisotopic (exact) mass is 263 g/mol. The number of aromatic nitrogens is 2. The second kappa shape index (κ2) is 5.33.